The van der Waals surface area contributed by atoms with Crippen molar-refractivity contribution in [2.24, 2.45) is 5.73 Å². The van der Waals surface area contributed by atoms with Crippen LogP contribution < -0.4 is 11.1 Å². The Morgan fingerprint density at radius 2 is 1.30 bits per heavy atom. The van der Waals surface area contributed by atoms with E-state index in [-0.39, 0.29) is 12.1 Å². The van der Waals surface area contributed by atoms with Crippen molar-refractivity contribution in [1.29, 1.82) is 0 Å². The zero-order chi connectivity index (χ0) is 38.7. The SMILES string of the molecule is COC(=O)N[C@H](C(=O)N1CCC[C@H]1c1ncc(-c2ccc(-c3ccc(-c4cnc([C@@H]5CCCN5C(=O)[C@@](C)(OC(N)=O)[C@@H](C)O)[nH]4)cc3)cc2)[nH]1)[C@@H](C)O. The van der Waals surface area contributed by atoms with Crippen LogP contribution >= 0.6 is 0 Å². The van der Waals surface area contributed by atoms with Crippen LogP contribution in [0.15, 0.2) is 60.9 Å². The molecular weight excluding hydrogens is 696 g/mol. The second-order valence-corrected chi connectivity index (χ2v) is 13.9. The molecule has 4 heterocycles. The van der Waals surface area contributed by atoms with E-state index in [1.165, 1.54) is 27.9 Å². The van der Waals surface area contributed by atoms with Gasteiger partial charge in [0.15, 0.2) is 0 Å². The third-order valence-electron chi connectivity index (χ3n) is 10.3. The van der Waals surface area contributed by atoms with Gasteiger partial charge in [0.25, 0.3) is 5.91 Å². The number of aliphatic hydroxyl groups is 2. The number of aliphatic hydroxyl groups excluding tert-OH is 2. The molecule has 0 radical (unpaired) electrons. The van der Waals surface area contributed by atoms with E-state index in [1.807, 2.05) is 48.5 Å². The molecule has 4 aromatic rings. The predicted molar refractivity (Wildman–Crippen MR) is 196 cm³/mol. The largest absolute Gasteiger partial charge is 0.453 e. The van der Waals surface area contributed by atoms with Crippen molar-refractivity contribution in [1.82, 2.24) is 35.1 Å². The van der Waals surface area contributed by atoms with Gasteiger partial charge in [-0.3, -0.25) is 9.59 Å². The van der Waals surface area contributed by atoms with Crippen LogP contribution in [0.5, 0.6) is 0 Å². The monoisotopic (exact) mass is 742 g/mol. The highest BCUT2D eigenvalue weighted by molar-refractivity contribution is 5.88. The van der Waals surface area contributed by atoms with Gasteiger partial charge in [-0.15, -0.1) is 0 Å². The molecular formula is C38H46N8O8. The maximum Gasteiger partial charge on any atom is 0.407 e. The first-order chi connectivity index (χ1) is 25.8. The Morgan fingerprint density at radius 1 is 0.833 bits per heavy atom. The van der Waals surface area contributed by atoms with Gasteiger partial charge in [0.1, 0.15) is 17.7 Å². The Morgan fingerprint density at radius 3 is 1.74 bits per heavy atom. The quantitative estimate of drug-likeness (QED) is 0.130. The van der Waals surface area contributed by atoms with Gasteiger partial charge in [0.2, 0.25) is 11.5 Å². The summed E-state index contributed by atoms with van der Waals surface area (Å²) in [5.74, 6) is 0.283. The molecule has 4 amide bonds. The number of nitrogens with one attached hydrogen (secondary N) is 3. The molecule has 286 valence electrons. The van der Waals surface area contributed by atoms with Gasteiger partial charge in [-0.1, -0.05) is 48.5 Å². The summed E-state index contributed by atoms with van der Waals surface area (Å²) in [5.41, 5.74) is 8.78. The van der Waals surface area contributed by atoms with Crippen molar-refractivity contribution in [3.8, 4) is 33.6 Å². The number of benzene rings is 2. The van der Waals surface area contributed by atoms with Crippen molar-refractivity contribution in [3.05, 3.63) is 72.6 Å². The van der Waals surface area contributed by atoms with Crippen LogP contribution in [0.25, 0.3) is 33.6 Å². The van der Waals surface area contributed by atoms with Crippen molar-refractivity contribution >= 4 is 24.0 Å². The van der Waals surface area contributed by atoms with E-state index in [1.54, 1.807) is 22.2 Å². The fourth-order valence-corrected chi connectivity index (χ4v) is 7.15. The summed E-state index contributed by atoms with van der Waals surface area (Å²) < 4.78 is 9.73. The molecule has 0 unspecified atom stereocenters. The fourth-order valence-electron chi connectivity index (χ4n) is 7.15. The molecule has 0 aliphatic carbocycles. The van der Waals surface area contributed by atoms with Gasteiger partial charge >= 0.3 is 12.2 Å². The number of hydrogen-bond acceptors (Lipinski definition) is 10. The minimum Gasteiger partial charge on any atom is -0.453 e. The number of rotatable bonds is 11. The van der Waals surface area contributed by atoms with Crippen LogP contribution in [0.2, 0.25) is 0 Å². The van der Waals surface area contributed by atoms with Crippen LogP contribution in [0.1, 0.15) is 70.2 Å². The number of hydrogen-bond donors (Lipinski definition) is 6. The highest BCUT2D eigenvalue weighted by Crippen LogP contribution is 2.36. The Kier molecular flexibility index (Phi) is 11.0. The second kappa shape index (κ2) is 15.7. The van der Waals surface area contributed by atoms with Gasteiger partial charge in [-0.25, -0.2) is 19.6 Å². The molecule has 6 atom stereocenters. The Bertz CT molecular complexity index is 1970. The minimum absolute atomic E-state index is 0.330. The molecule has 16 heteroatoms. The zero-order valence-electron chi connectivity index (χ0n) is 30.6. The fraction of sp³-hybridized carbons (Fsp3) is 0.421. The van der Waals surface area contributed by atoms with Crippen LogP contribution in [0.4, 0.5) is 9.59 Å². The number of aromatic nitrogens is 4. The molecule has 0 bridgehead atoms. The number of primary amides is 1. The number of carbonyl (C=O) groups excluding carboxylic acids is 4. The molecule has 0 spiro atoms. The smallest absolute Gasteiger partial charge is 0.407 e. The van der Waals surface area contributed by atoms with E-state index >= 15 is 0 Å². The number of aromatic amines is 2. The van der Waals surface area contributed by atoms with Crippen LogP contribution in [-0.4, -0.2) is 108 Å². The summed E-state index contributed by atoms with van der Waals surface area (Å²) in [6, 6.07) is 14.2. The lowest BCUT2D eigenvalue weighted by molar-refractivity contribution is -0.161. The van der Waals surface area contributed by atoms with Crippen molar-refractivity contribution in [3.63, 3.8) is 0 Å². The lowest BCUT2D eigenvalue weighted by Crippen LogP contribution is -2.56. The van der Waals surface area contributed by atoms with Gasteiger partial charge in [0.05, 0.1) is 55.2 Å². The van der Waals surface area contributed by atoms with Crippen LogP contribution in [0, 0.1) is 0 Å². The van der Waals surface area contributed by atoms with Crippen molar-refractivity contribution in [2.75, 3.05) is 20.2 Å². The van der Waals surface area contributed by atoms with Gasteiger partial charge < -0.3 is 50.5 Å². The number of imidazole rings is 2. The summed E-state index contributed by atoms with van der Waals surface area (Å²) in [6.45, 7) is 5.08. The number of nitrogens with zero attached hydrogens (tertiary/aromatic N) is 4. The normalized spacial score (nSPS) is 19.8. The number of alkyl carbamates (subject to hydrolysis) is 1. The van der Waals surface area contributed by atoms with Gasteiger partial charge in [-0.2, -0.15) is 0 Å². The van der Waals surface area contributed by atoms with Gasteiger partial charge in [-0.05, 0) is 68.7 Å². The summed E-state index contributed by atoms with van der Waals surface area (Å²) in [7, 11) is 1.20. The Balaban J connectivity index is 1.12. The maximum absolute atomic E-state index is 13.5. The number of methoxy groups -OCH3 is 1. The number of H-pyrrole nitrogens is 2. The molecule has 2 aliphatic heterocycles. The topological polar surface area (TPSA) is 229 Å². The summed E-state index contributed by atoms with van der Waals surface area (Å²) in [5, 5.41) is 22.9. The summed E-state index contributed by atoms with van der Waals surface area (Å²) >= 11 is 0. The molecule has 2 fully saturated rings. The summed E-state index contributed by atoms with van der Waals surface area (Å²) in [6.07, 6.45) is 1.95. The lowest BCUT2D eigenvalue weighted by Gasteiger charge is -2.35. The standard InChI is InChI=1S/C38H46N8O8/c1-21(47)31(44-37(52)53-4)34(49)45-17-5-7-29(45)32-40-19-27(42-32)25-13-9-23(10-14-25)24-11-15-26(16-12-24)28-20-41-33(43-28)30-8-6-18-46(30)35(50)38(3,22(2)48)54-36(39)51/h9-16,19-22,29-31,47-48H,5-8,17-18H2,1-4H3,(H2,39,51)(H,40,42)(H,41,43)(H,44,52)/t21-,22-,29+,30+,31+,38+/m1/s1. The number of carbonyl (C=O) groups is 4. The number of amides is 4. The lowest BCUT2D eigenvalue weighted by atomic mass is 9.97. The zero-order valence-corrected chi connectivity index (χ0v) is 30.6. The van der Waals surface area contributed by atoms with Crippen LogP contribution in [0.3, 0.4) is 0 Å². The number of ether oxygens (including phenoxy) is 2. The first-order valence-electron chi connectivity index (χ1n) is 17.9. The first-order valence-corrected chi connectivity index (χ1v) is 17.9. The van der Waals surface area contributed by atoms with Crippen molar-refractivity contribution in [2.45, 2.75) is 82.4 Å². The molecule has 7 N–H and O–H groups in total. The summed E-state index contributed by atoms with van der Waals surface area (Å²) in [4.78, 5) is 69.3. The minimum atomic E-state index is -1.82. The molecule has 6 rings (SSSR count). The molecule has 54 heavy (non-hydrogen) atoms. The van der Waals surface area contributed by atoms with E-state index in [4.69, 9.17) is 10.5 Å². The molecule has 0 saturated carbocycles. The Labute approximate surface area is 312 Å². The van der Waals surface area contributed by atoms with E-state index in [9.17, 15) is 29.4 Å². The third-order valence-corrected chi connectivity index (χ3v) is 10.3. The van der Waals surface area contributed by atoms with E-state index in [0.29, 0.717) is 37.6 Å². The molecule has 2 saturated heterocycles. The van der Waals surface area contributed by atoms with Crippen LogP contribution in [-0.2, 0) is 19.1 Å². The highest BCUT2D eigenvalue weighted by Gasteiger charge is 2.48. The highest BCUT2D eigenvalue weighted by atomic mass is 16.6. The Hall–Kier alpha value is -5.74. The van der Waals surface area contributed by atoms with Gasteiger partial charge in [0, 0.05) is 13.1 Å². The third kappa shape index (κ3) is 7.66. The molecule has 2 aromatic heterocycles. The van der Waals surface area contributed by atoms with Crippen molar-refractivity contribution < 1.29 is 38.9 Å². The molecule has 16 nitrogen and oxygen atoms in total. The number of nitrogens with two attached hydrogens (primary N) is 1. The van der Waals surface area contributed by atoms with E-state index in [2.05, 4.69) is 30.0 Å². The van der Waals surface area contributed by atoms with E-state index < -0.39 is 47.9 Å². The average Bonchev–Trinajstić information content (AvgIpc) is 3.99. The predicted octanol–water partition coefficient (Wildman–Crippen LogP) is 3.80. The second-order valence-electron chi connectivity index (χ2n) is 13.9. The average molecular weight is 743 g/mol. The first kappa shape index (κ1) is 38.0. The number of likely N-dealkylation sites (tertiary alicyclic amines) is 2. The molecule has 2 aliphatic rings. The van der Waals surface area contributed by atoms with E-state index in [0.717, 1.165) is 46.5 Å². The molecule has 2 aromatic carbocycles. The maximum atomic E-state index is 13.5.